The molecule has 0 saturated heterocycles. The Bertz CT molecular complexity index is 211. The van der Waals surface area contributed by atoms with Crippen LogP contribution >= 0.6 is 0 Å². The van der Waals surface area contributed by atoms with E-state index in [1.807, 2.05) is 0 Å². The van der Waals surface area contributed by atoms with Crippen molar-refractivity contribution in [1.82, 2.24) is 4.98 Å². The summed E-state index contributed by atoms with van der Waals surface area (Å²) in [6.45, 7) is 1.76. The fourth-order valence-electron chi connectivity index (χ4n) is 0.854. The zero-order valence-corrected chi connectivity index (χ0v) is 6.44. The third-order valence-electron chi connectivity index (χ3n) is 1.52. The molecule has 0 radical (unpaired) electrons. The minimum Gasteiger partial charge on any atom is -0.387 e. The lowest BCUT2D eigenvalue weighted by atomic mass is 10.1. The summed E-state index contributed by atoms with van der Waals surface area (Å²) in [5.74, 6) is 0. The summed E-state index contributed by atoms with van der Waals surface area (Å²) < 4.78 is 0. The van der Waals surface area contributed by atoms with Crippen LogP contribution in [0.5, 0.6) is 0 Å². The Morgan fingerprint density at radius 1 is 1.64 bits per heavy atom. The molecule has 1 aromatic rings. The van der Waals surface area contributed by atoms with Gasteiger partial charge in [0.2, 0.25) is 0 Å². The zero-order chi connectivity index (χ0) is 8.27. The highest BCUT2D eigenvalue weighted by Gasteiger charge is 2.10. The Morgan fingerprint density at radius 3 is 2.82 bits per heavy atom. The van der Waals surface area contributed by atoms with Crippen LogP contribution in [0.3, 0.4) is 0 Å². The van der Waals surface area contributed by atoms with Crippen molar-refractivity contribution in [3.05, 3.63) is 30.1 Å². The molecule has 0 spiro atoms. The maximum absolute atomic E-state index is 9.43. The second-order valence-electron chi connectivity index (χ2n) is 2.59. The van der Waals surface area contributed by atoms with Gasteiger partial charge in [0.1, 0.15) is 0 Å². The molecule has 1 rings (SSSR count). The maximum Gasteiger partial charge on any atom is 0.0952 e. The second kappa shape index (κ2) is 3.46. The fourth-order valence-corrected chi connectivity index (χ4v) is 0.854. The number of hydrogen-bond donors (Lipinski definition) is 2. The molecule has 1 heterocycles. The Balaban J connectivity index is 2.77. The van der Waals surface area contributed by atoms with Crippen molar-refractivity contribution < 1.29 is 5.11 Å². The molecule has 3 N–H and O–H groups in total. The lowest BCUT2D eigenvalue weighted by Crippen LogP contribution is -2.24. The van der Waals surface area contributed by atoms with Gasteiger partial charge in [-0.2, -0.15) is 0 Å². The zero-order valence-electron chi connectivity index (χ0n) is 6.44. The van der Waals surface area contributed by atoms with Gasteiger partial charge in [-0.25, -0.2) is 0 Å². The van der Waals surface area contributed by atoms with Crippen molar-refractivity contribution in [2.45, 2.75) is 19.1 Å². The highest BCUT2D eigenvalue weighted by Crippen LogP contribution is 2.12. The lowest BCUT2D eigenvalue weighted by molar-refractivity contribution is 0.153. The van der Waals surface area contributed by atoms with Crippen molar-refractivity contribution in [3.63, 3.8) is 0 Å². The summed E-state index contributed by atoms with van der Waals surface area (Å²) in [6.07, 6.45) is 2.68. The monoisotopic (exact) mass is 152 g/mol. The van der Waals surface area contributed by atoms with Gasteiger partial charge < -0.3 is 10.8 Å². The Hall–Kier alpha value is -0.930. The molecule has 0 bridgehead atoms. The molecule has 11 heavy (non-hydrogen) atoms. The predicted molar refractivity (Wildman–Crippen MR) is 42.8 cm³/mol. The van der Waals surface area contributed by atoms with Crippen molar-refractivity contribution in [1.29, 1.82) is 0 Å². The number of rotatable bonds is 2. The van der Waals surface area contributed by atoms with Gasteiger partial charge in [0.25, 0.3) is 0 Å². The van der Waals surface area contributed by atoms with E-state index in [2.05, 4.69) is 4.98 Å². The number of aliphatic hydroxyl groups excluding tert-OH is 1. The van der Waals surface area contributed by atoms with E-state index in [9.17, 15) is 5.11 Å². The molecule has 2 atom stereocenters. The summed E-state index contributed by atoms with van der Waals surface area (Å²) in [5, 5.41) is 9.43. The van der Waals surface area contributed by atoms with Crippen LogP contribution in [0.1, 0.15) is 18.6 Å². The standard InChI is InChI=1S/C8H12N2O/c1-6(9)8(11)7-3-2-4-10-5-7/h2-6,8,11H,9H2,1H3. The van der Waals surface area contributed by atoms with E-state index in [1.165, 1.54) is 0 Å². The number of aromatic nitrogens is 1. The molecule has 0 fully saturated rings. The van der Waals surface area contributed by atoms with Crippen LogP contribution in [-0.4, -0.2) is 16.1 Å². The molecule has 2 unspecified atom stereocenters. The number of hydrogen-bond acceptors (Lipinski definition) is 3. The molecular weight excluding hydrogens is 140 g/mol. The normalized spacial score (nSPS) is 15.9. The van der Waals surface area contributed by atoms with Gasteiger partial charge in [-0.15, -0.1) is 0 Å². The van der Waals surface area contributed by atoms with Crippen LogP contribution < -0.4 is 5.73 Å². The molecule has 0 aliphatic rings. The topological polar surface area (TPSA) is 59.1 Å². The molecule has 0 aliphatic heterocycles. The van der Waals surface area contributed by atoms with Gasteiger partial charge in [-0.3, -0.25) is 4.98 Å². The van der Waals surface area contributed by atoms with Gasteiger partial charge in [0, 0.05) is 24.0 Å². The first-order chi connectivity index (χ1) is 5.22. The molecule has 3 nitrogen and oxygen atoms in total. The van der Waals surface area contributed by atoms with E-state index in [0.29, 0.717) is 0 Å². The Labute approximate surface area is 65.9 Å². The molecule has 1 aromatic heterocycles. The fraction of sp³-hybridized carbons (Fsp3) is 0.375. The van der Waals surface area contributed by atoms with E-state index < -0.39 is 6.10 Å². The van der Waals surface area contributed by atoms with Gasteiger partial charge >= 0.3 is 0 Å². The summed E-state index contributed by atoms with van der Waals surface area (Å²) >= 11 is 0. The number of nitrogens with two attached hydrogens (primary N) is 1. The minimum atomic E-state index is -0.608. The highest BCUT2D eigenvalue weighted by molar-refractivity contribution is 5.13. The Morgan fingerprint density at radius 2 is 2.36 bits per heavy atom. The van der Waals surface area contributed by atoms with Crippen LogP contribution in [0, 0.1) is 0 Å². The van der Waals surface area contributed by atoms with Gasteiger partial charge in [-0.05, 0) is 13.0 Å². The summed E-state index contributed by atoms with van der Waals surface area (Å²) in [7, 11) is 0. The molecule has 0 saturated carbocycles. The number of pyridine rings is 1. The van der Waals surface area contributed by atoms with Gasteiger partial charge in [0.15, 0.2) is 0 Å². The van der Waals surface area contributed by atoms with Crippen LogP contribution in [0.2, 0.25) is 0 Å². The largest absolute Gasteiger partial charge is 0.387 e. The molecule has 0 amide bonds. The quantitative estimate of drug-likeness (QED) is 0.647. The van der Waals surface area contributed by atoms with E-state index in [-0.39, 0.29) is 6.04 Å². The average molecular weight is 152 g/mol. The van der Waals surface area contributed by atoms with E-state index in [1.54, 1.807) is 31.5 Å². The lowest BCUT2D eigenvalue weighted by Gasteiger charge is -2.13. The third-order valence-corrected chi connectivity index (χ3v) is 1.52. The number of aliphatic hydroxyl groups is 1. The van der Waals surface area contributed by atoms with Crippen LogP contribution in [-0.2, 0) is 0 Å². The second-order valence-corrected chi connectivity index (χ2v) is 2.59. The van der Waals surface area contributed by atoms with Crippen LogP contribution in [0.15, 0.2) is 24.5 Å². The van der Waals surface area contributed by atoms with E-state index >= 15 is 0 Å². The van der Waals surface area contributed by atoms with E-state index in [4.69, 9.17) is 5.73 Å². The van der Waals surface area contributed by atoms with Crippen molar-refractivity contribution in [2.24, 2.45) is 5.73 Å². The predicted octanol–water partition coefficient (Wildman–Crippen LogP) is 0.462. The smallest absolute Gasteiger partial charge is 0.0952 e. The van der Waals surface area contributed by atoms with Gasteiger partial charge in [-0.1, -0.05) is 6.07 Å². The SMILES string of the molecule is CC(N)C(O)c1cccnc1. The third kappa shape index (κ3) is 2.00. The van der Waals surface area contributed by atoms with Gasteiger partial charge in [0.05, 0.1) is 6.10 Å². The number of nitrogens with zero attached hydrogens (tertiary/aromatic N) is 1. The molecule has 3 heteroatoms. The first-order valence-corrected chi connectivity index (χ1v) is 3.55. The average Bonchev–Trinajstić information content (AvgIpc) is 2.05. The maximum atomic E-state index is 9.43. The van der Waals surface area contributed by atoms with E-state index in [0.717, 1.165) is 5.56 Å². The minimum absolute atomic E-state index is 0.251. The summed E-state index contributed by atoms with van der Waals surface area (Å²) in [6, 6.07) is 3.33. The first kappa shape index (κ1) is 8.17. The Kier molecular flexibility index (Phi) is 2.57. The van der Waals surface area contributed by atoms with Crippen LogP contribution in [0.4, 0.5) is 0 Å². The molecule has 0 aromatic carbocycles. The summed E-state index contributed by atoms with van der Waals surface area (Å²) in [4.78, 5) is 3.87. The van der Waals surface area contributed by atoms with Crippen molar-refractivity contribution in [3.8, 4) is 0 Å². The highest BCUT2D eigenvalue weighted by atomic mass is 16.3. The molecule has 0 aliphatic carbocycles. The van der Waals surface area contributed by atoms with Crippen LogP contribution in [0.25, 0.3) is 0 Å². The summed E-state index contributed by atoms with van der Waals surface area (Å²) in [5.41, 5.74) is 6.26. The molecule has 60 valence electrons. The molecular formula is C8H12N2O. The first-order valence-electron chi connectivity index (χ1n) is 3.55. The van der Waals surface area contributed by atoms with Crippen molar-refractivity contribution in [2.75, 3.05) is 0 Å². The van der Waals surface area contributed by atoms with Crippen molar-refractivity contribution >= 4 is 0 Å².